The Morgan fingerprint density at radius 3 is 2.65 bits per heavy atom. The van der Waals surface area contributed by atoms with Crippen LogP contribution in [0.2, 0.25) is 0 Å². The minimum absolute atomic E-state index is 0.0848. The molecule has 118 valence electrons. The van der Waals surface area contributed by atoms with Gasteiger partial charge in [-0.25, -0.2) is 0 Å². The third-order valence-electron chi connectivity index (χ3n) is 3.55. The molecule has 0 fully saturated rings. The van der Waals surface area contributed by atoms with Crippen molar-refractivity contribution in [3.05, 3.63) is 63.6 Å². The van der Waals surface area contributed by atoms with Crippen molar-refractivity contribution in [1.82, 2.24) is 5.32 Å². The molecule has 1 amide bonds. The standard InChI is InChI=1S/C17H15NO4S/c1-2-22-11-7-5-10(6-8-11)14-13(16(20)17(21)18-14)15(19)12-4-3-9-23-12/h3-9,14,20H,2H2,1H3,(H,18,21)/t14-/m1/s1. The Morgan fingerprint density at radius 2 is 2.04 bits per heavy atom. The number of carbonyl (C=O) groups excluding carboxylic acids is 2. The van der Waals surface area contributed by atoms with Crippen LogP contribution >= 0.6 is 11.3 Å². The minimum Gasteiger partial charge on any atom is -0.503 e. The molecule has 5 nitrogen and oxygen atoms in total. The second kappa shape index (κ2) is 6.26. The lowest BCUT2D eigenvalue weighted by Crippen LogP contribution is -2.23. The predicted molar refractivity (Wildman–Crippen MR) is 86.8 cm³/mol. The second-order valence-electron chi connectivity index (χ2n) is 4.98. The SMILES string of the molecule is CCOc1ccc([C@H]2NC(=O)C(O)=C2C(=O)c2cccs2)cc1. The molecule has 0 spiro atoms. The number of aliphatic hydroxyl groups is 1. The molecule has 0 aliphatic carbocycles. The first-order valence-electron chi connectivity index (χ1n) is 7.16. The topological polar surface area (TPSA) is 75.6 Å². The first-order chi connectivity index (χ1) is 11.1. The molecule has 1 aliphatic rings. The third-order valence-corrected chi connectivity index (χ3v) is 4.42. The van der Waals surface area contributed by atoms with Gasteiger partial charge >= 0.3 is 0 Å². The molecule has 0 saturated heterocycles. The maximum Gasteiger partial charge on any atom is 0.287 e. The molecule has 1 aromatic heterocycles. The fourth-order valence-corrected chi connectivity index (χ4v) is 3.16. The molecular formula is C17H15NO4S. The number of Topliss-reactive ketones (excluding diaryl/α,β-unsaturated/α-hetero) is 1. The van der Waals surface area contributed by atoms with Crippen LogP contribution in [0.5, 0.6) is 5.75 Å². The number of aliphatic hydroxyl groups excluding tert-OH is 1. The highest BCUT2D eigenvalue weighted by atomic mass is 32.1. The van der Waals surface area contributed by atoms with Gasteiger partial charge in [0, 0.05) is 0 Å². The Kier molecular flexibility index (Phi) is 4.16. The summed E-state index contributed by atoms with van der Waals surface area (Å²) in [5.74, 6) is -0.777. The zero-order chi connectivity index (χ0) is 16.4. The number of amides is 1. The highest BCUT2D eigenvalue weighted by Gasteiger charge is 2.37. The molecule has 2 N–H and O–H groups in total. The Labute approximate surface area is 137 Å². The average molecular weight is 329 g/mol. The highest BCUT2D eigenvalue weighted by molar-refractivity contribution is 7.12. The van der Waals surface area contributed by atoms with Gasteiger partial charge in [-0.3, -0.25) is 9.59 Å². The normalized spacial score (nSPS) is 17.3. The van der Waals surface area contributed by atoms with Gasteiger partial charge in [0.1, 0.15) is 5.75 Å². The zero-order valence-corrected chi connectivity index (χ0v) is 13.2. The molecule has 0 radical (unpaired) electrons. The summed E-state index contributed by atoms with van der Waals surface area (Å²) in [5.41, 5.74) is 0.798. The van der Waals surface area contributed by atoms with Crippen molar-refractivity contribution in [2.24, 2.45) is 0 Å². The number of rotatable bonds is 5. The van der Waals surface area contributed by atoms with E-state index in [2.05, 4.69) is 5.32 Å². The maximum atomic E-state index is 12.6. The van der Waals surface area contributed by atoms with Gasteiger partial charge in [0.15, 0.2) is 5.76 Å². The Bertz CT molecular complexity index is 762. The first kappa shape index (κ1) is 15.3. The Hall–Kier alpha value is -2.60. The lowest BCUT2D eigenvalue weighted by atomic mass is 9.96. The maximum absolute atomic E-state index is 12.6. The average Bonchev–Trinajstić information content (AvgIpc) is 3.18. The van der Waals surface area contributed by atoms with E-state index in [1.807, 2.05) is 6.92 Å². The van der Waals surface area contributed by atoms with Crippen LogP contribution in [0.15, 0.2) is 53.1 Å². The fourth-order valence-electron chi connectivity index (χ4n) is 2.48. The molecule has 0 unspecified atom stereocenters. The quantitative estimate of drug-likeness (QED) is 0.827. The largest absolute Gasteiger partial charge is 0.503 e. The van der Waals surface area contributed by atoms with Crippen molar-refractivity contribution < 1.29 is 19.4 Å². The zero-order valence-electron chi connectivity index (χ0n) is 12.4. The number of benzene rings is 1. The van der Waals surface area contributed by atoms with E-state index in [0.29, 0.717) is 22.8 Å². The van der Waals surface area contributed by atoms with E-state index in [9.17, 15) is 14.7 Å². The number of hydrogen-bond acceptors (Lipinski definition) is 5. The lowest BCUT2D eigenvalue weighted by molar-refractivity contribution is -0.119. The van der Waals surface area contributed by atoms with Gasteiger partial charge in [-0.2, -0.15) is 0 Å². The van der Waals surface area contributed by atoms with Crippen LogP contribution < -0.4 is 10.1 Å². The van der Waals surface area contributed by atoms with Gasteiger partial charge in [-0.05, 0) is 36.1 Å². The lowest BCUT2D eigenvalue weighted by Gasteiger charge is -2.14. The number of ether oxygens (including phenoxy) is 1. The molecule has 1 atom stereocenters. The number of ketones is 1. The van der Waals surface area contributed by atoms with E-state index in [-0.39, 0.29) is 11.4 Å². The van der Waals surface area contributed by atoms with Crippen LogP contribution in [0.25, 0.3) is 0 Å². The molecule has 0 saturated carbocycles. The smallest absolute Gasteiger partial charge is 0.287 e. The molecule has 23 heavy (non-hydrogen) atoms. The monoisotopic (exact) mass is 329 g/mol. The molecule has 1 aliphatic heterocycles. The van der Waals surface area contributed by atoms with Crippen molar-refractivity contribution in [3.8, 4) is 5.75 Å². The minimum atomic E-state index is -0.659. The van der Waals surface area contributed by atoms with Crippen LogP contribution in [0.4, 0.5) is 0 Å². The van der Waals surface area contributed by atoms with Crippen molar-refractivity contribution in [3.63, 3.8) is 0 Å². The summed E-state index contributed by atoms with van der Waals surface area (Å²) in [6.07, 6.45) is 0. The van der Waals surface area contributed by atoms with Crippen molar-refractivity contribution >= 4 is 23.0 Å². The number of thiophene rings is 1. The number of hydrogen-bond donors (Lipinski definition) is 2. The molecule has 6 heteroatoms. The molecule has 1 aromatic carbocycles. The van der Waals surface area contributed by atoms with Gasteiger partial charge in [0.05, 0.1) is 23.1 Å². The van der Waals surface area contributed by atoms with Crippen molar-refractivity contribution in [1.29, 1.82) is 0 Å². The van der Waals surface area contributed by atoms with Crippen LogP contribution in [-0.2, 0) is 4.79 Å². The summed E-state index contributed by atoms with van der Waals surface area (Å²) in [5, 5.41) is 14.4. The molecule has 2 aromatic rings. The van der Waals surface area contributed by atoms with Gasteiger partial charge in [-0.15, -0.1) is 11.3 Å². The van der Waals surface area contributed by atoms with Crippen LogP contribution in [0, 0.1) is 0 Å². The highest BCUT2D eigenvalue weighted by Crippen LogP contribution is 2.33. The van der Waals surface area contributed by atoms with Crippen LogP contribution in [0.1, 0.15) is 28.2 Å². The number of nitrogens with one attached hydrogen (secondary N) is 1. The summed E-state index contributed by atoms with van der Waals surface area (Å²) in [7, 11) is 0. The van der Waals surface area contributed by atoms with Gasteiger partial charge in [0.25, 0.3) is 5.91 Å². The second-order valence-corrected chi connectivity index (χ2v) is 5.92. The fraction of sp³-hybridized carbons (Fsp3) is 0.176. The number of carbonyl (C=O) groups is 2. The van der Waals surface area contributed by atoms with E-state index in [0.717, 1.165) is 0 Å². The van der Waals surface area contributed by atoms with E-state index in [4.69, 9.17) is 4.74 Å². The molecule has 3 rings (SSSR count). The van der Waals surface area contributed by atoms with E-state index in [1.165, 1.54) is 11.3 Å². The van der Waals surface area contributed by atoms with Crippen molar-refractivity contribution in [2.75, 3.05) is 6.61 Å². The Morgan fingerprint density at radius 1 is 1.30 bits per heavy atom. The van der Waals surface area contributed by atoms with Crippen LogP contribution in [-0.4, -0.2) is 23.4 Å². The predicted octanol–water partition coefficient (Wildman–Crippen LogP) is 3.01. The summed E-state index contributed by atoms with van der Waals surface area (Å²) in [4.78, 5) is 24.9. The van der Waals surface area contributed by atoms with Gasteiger partial charge in [-0.1, -0.05) is 18.2 Å². The van der Waals surface area contributed by atoms with E-state index >= 15 is 0 Å². The summed E-state index contributed by atoms with van der Waals surface area (Å²) >= 11 is 1.27. The molecule has 0 bridgehead atoms. The third kappa shape index (κ3) is 2.85. The Balaban J connectivity index is 1.95. The van der Waals surface area contributed by atoms with E-state index in [1.54, 1.807) is 41.8 Å². The van der Waals surface area contributed by atoms with Gasteiger partial charge in [0.2, 0.25) is 5.78 Å². The molecule has 2 heterocycles. The summed E-state index contributed by atoms with van der Waals surface area (Å²) in [6, 6.07) is 9.86. The van der Waals surface area contributed by atoms with Crippen LogP contribution in [0.3, 0.4) is 0 Å². The summed E-state index contributed by atoms with van der Waals surface area (Å²) < 4.78 is 5.38. The van der Waals surface area contributed by atoms with Gasteiger partial charge < -0.3 is 15.2 Å². The van der Waals surface area contributed by atoms with Crippen molar-refractivity contribution in [2.45, 2.75) is 13.0 Å². The van der Waals surface area contributed by atoms with E-state index < -0.39 is 17.7 Å². The summed E-state index contributed by atoms with van der Waals surface area (Å²) in [6.45, 7) is 2.45. The molecular weight excluding hydrogens is 314 g/mol. The first-order valence-corrected chi connectivity index (χ1v) is 8.04.